The molecular formula is C15H17N3O. The van der Waals surface area contributed by atoms with Crippen molar-refractivity contribution in [3.63, 3.8) is 0 Å². The zero-order valence-corrected chi connectivity index (χ0v) is 10.7. The van der Waals surface area contributed by atoms with Crippen LogP contribution in [0.5, 0.6) is 0 Å². The molecule has 1 N–H and O–H groups in total. The van der Waals surface area contributed by atoms with Crippen LogP contribution in [-0.4, -0.2) is 16.2 Å². The Balaban J connectivity index is 1.40. The fourth-order valence-electron chi connectivity index (χ4n) is 2.54. The van der Waals surface area contributed by atoms with E-state index in [4.69, 9.17) is 4.42 Å². The van der Waals surface area contributed by atoms with Crippen molar-refractivity contribution in [2.24, 2.45) is 0 Å². The summed E-state index contributed by atoms with van der Waals surface area (Å²) in [5, 5.41) is 11.7. The SMILES string of the molecule is c1ccc(C2CC2c2nnc(CNC3CC3)o2)cc1. The van der Waals surface area contributed by atoms with E-state index in [9.17, 15) is 0 Å². The van der Waals surface area contributed by atoms with Crippen LogP contribution >= 0.6 is 0 Å². The largest absolute Gasteiger partial charge is 0.424 e. The molecule has 0 aliphatic heterocycles. The van der Waals surface area contributed by atoms with Gasteiger partial charge in [0.25, 0.3) is 0 Å². The lowest BCUT2D eigenvalue weighted by atomic mass is 10.1. The van der Waals surface area contributed by atoms with Crippen molar-refractivity contribution < 1.29 is 4.42 Å². The summed E-state index contributed by atoms with van der Waals surface area (Å²) in [6.07, 6.45) is 3.68. The van der Waals surface area contributed by atoms with Gasteiger partial charge in [0.1, 0.15) is 0 Å². The first-order valence-corrected chi connectivity index (χ1v) is 7.01. The van der Waals surface area contributed by atoms with Crippen molar-refractivity contribution in [3.8, 4) is 0 Å². The van der Waals surface area contributed by atoms with Gasteiger partial charge in [0, 0.05) is 12.0 Å². The van der Waals surface area contributed by atoms with Crippen LogP contribution in [0.3, 0.4) is 0 Å². The molecule has 1 aromatic carbocycles. The first-order valence-electron chi connectivity index (χ1n) is 7.01. The first-order chi connectivity index (χ1) is 9.40. The highest BCUT2D eigenvalue weighted by Crippen LogP contribution is 2.53. The third kappa shape index (κ3) is 2.40. The van der Waals surface area contributed by atoms with Crippen LogP contribution in [0.25, 0.3) is 0 Å². The summed E-state index contributed by atoms with van der Waals surface area (Å²) in [4.78, 5) is 0. The molecule has 0 spiro atoms. The maximum absolute atomic E-state index is 5.75. The predicted molar refractivity (Wildman–Crippen MR) is 70.7 cm³/mol. The highest BCUT2D eigenvalue weighted by molar-refractivity contribution is 5.30. The van der Waals surface area contributed by atoms with Gasteiger partial charge in [0.2, 0.25) is 11.8 Å². The van der Waals surface area contributed by atoms with E-state index in [0.717, 1.165) is 18.2 Å². The fraction of sp³-hybridized carbons (Fsp3) is 0.467. The molecule has 19 heavy (non-hydrogen) atoms. The number of benzene rings is 1. The average molecular weight is 255 g/mol. The zero-order valence-electron chi connectivity index (χ0n) is 10.7. The minimum atomic E-state index is 0.421. The van der Waals surface area contributed by atoms with Gasteiger partial charge < -0.3 is 9.73 Å². The number of hydrogen-bond acceptors (Lipinski definition) is 4. The summed E-state index contributed by atoms with van der Waals surface area (Å²) in [5.41, 5.74) is 1.38. The molecule has 2 saturated carbocycles. The second kappa shape index (κ2) is 4.46. The quantitative estimate of drug-likeness (QED) is 0.892. The maximum Gasteiger partial charge on any atom is 0.230 e. The fourth-order valence-corrected chi connectivity index (χ4v) is 2.54. The molecular weight excluding hydrogens is 238 g/mol. The van der Waals surface area contributed by atoms with Gasteiger partial charge in [-0.25, -0.2) is 0 Å². The standard InChI is InChI=1S/C15H17N3O/c1-2-4-10(5-3-1)12-8-13(12)15-18-17-14(19-15)9-16-11-6-7-11/h1-5,11-13,16H,6-9H2. The van der Waals surface area contributed by atoms with Crippen LogP contribution in [0.15, 0.2) is 34.7 Å². The van der Waals surface area contributed by atoms with Crippen LogP contribution < -0.4 is 5.32 Å². The topological polar surface area (TPSA) is 51.0 Å². The number of nitrogens with zero attached hydrogens (tertiary/aromatic N) is 2. The lowest BCUT2D eigenvalue weighted by molar-refractivity contribution is 0.431. The number of rotatable bonds is 5. The van der Waals surface area contributed by atoms with Gasteiger partial charge in [-0.05, 0) is 30.7 Å². The van der Waals surface area contributed by atoms with Gasteiger partial charge in [0.15, 0.2) is 0 Å². The molecule has 0 amide bonds. The van der Waals surface area contributed by atoms with Crippen molar-refractivity contribution in [1.82, 2.24) is 15.5 Å². The van der Waals surface area contributed by atoms with Crippen LogP contribution in [0, 0.1) is 0 Å². The van der Waals surface area contributed by atoms with E-state index in [1.54, 1.807) is 0 Å². The summed E-state index contributed by atoms with van der Waals surface area (Å²) in [7, 11) is 0. The van der Waals surface area contributed by atoms with Crippen LogP contribution in [0.4, 0.5) is 0 Å². The summed E-state index contributed by atoms with van der Waals surface area (Å²) < 4.78 is 5.75. The molecule has 2 aliphatic carbocycles. The van der Waals surface area contributed by atoms with E-state index in [1.165, 1.54) is 18.4 Å². The summed E-state index contributed by atoms with van der Waals surface area (Å²) in [6, 6.07) is 11.3. The Bertz CT molecular complexity index is 562. The maximum atomic E-state index is 5.75. The van der Waals surface area contributed by atoms with E-state index in [1.807, 2.05) is 0 Å². The summed E-state index contributed by atoms with van der Waals surface area (Å²) in [6.45, 7) is 0.709. The first kappa shape index (κ1) is 11.2. The third-order valence-electron chi connectivity index (χ3n) is 3.94. The van der Waals surface area contributed by atoms with Crippen molar-refractivity contribution in [1.29, 1.82) is 0 Å². The molecule has 98 valence electrons. The van der Waals surface area contributed by atoms with Gasteiger partial charge in [0.05, 0.1) is 6.54 Å². The Kier molecular flexibility index (Phi) is 2.62. The van der Waals surface area contributed by atoms with Gasteiger partial charge in [-0.3, -0.25) is 0 Å². The summed E-state index contributed by atoms with van der Waals surface area (Å²) in [5.74, 6) is 2.51. The normalized spacial score (nSPS) is 25.5. The Morgan fingerprint density at radius 1 is 1.11 bits per heavy atom. The van der Waals surface area contributed by atoms with Gasteiger partial charge in [-0.2, -0.15) is 0 Å². The molecule has 1 aromatic heterocycles. The third-order valence-corrected chi connectivity index (χ3v) is 3.94. The second-order valence-electron chi connectivity index (χ2n) is 5.55. The molecule has 1 heterocycles. The van der Waals surface area contributed by atoms with Gasteiger partial charge in [-0.15, -0.1) is 10.2 Å². The molecule has 4 heteroatoms. The Morgan fingerprint density at radius 2 is 1.95 bits per heavy atom. The molecule has 4 rings (SSSR count). The molecule has 0 radical (unpaired) electrons. The van der Waals surface area contributed by atoms with E-state index in [0.29, 0.717) is 24.4 Å². The highest BCUT2D eigenvalue weighted by atomic mass is 16.4. The van der Waals surface area contributed by atoms with E-state index in [2.05, 4.69) is 45.8 Å². The monoisotopic (exact) mass is 255 g/mol. The van der Waals surface area contributed by atoms with Crippen LogP contribution in [-0.2, 0) is 6.54 Å². The molecule has 2 atom stereocenters. The van der Waals surface area contributed by atoms with Crippen molar-refractivity contribution >= 4 is 0 Å². The smallest absolute Gasteiger partial charge is 0.230 e. The molecule has 2 fully saturated rings. The average Bonchev–Trinajstić information content (AvgIpc) is 3.37. The Hall–Kier alpha value is -1.68. The summed E-state index contributed by atoms with van der Waals surface area (Å²) >= 11 is 0. The molecule has 2 unspecified atom stereocenters. The Labute approximate surface area is 112 Å². The van der Waals surface area contributed by atoms with E-state index < -0.39 is 0 Å². The number of nitrogens with one attached hydrogen (secondary N) is 1. The lowest BCUT2D eigenvalue weighted by Gasteiger charge is -1.97. The number of aromatic nitrogens is 2. The van der Waals surface area contributed by atoms with Crippen LogP contribution in [0.1, 0.15) is 48.4 Å². The number of hydrogen-bond donors (Lipinski definition) is 1. The van der Waals surface area contributed by atoms with Crippen molar-refractivity contribution in [3.05, 3.63) is 47.7 Å². The minimum absolute atomic E-state index is 0.421. The Morgan fingerprint density at radius 3 is 2.74 bits per heavy atom. The lowest BCUT2D eigenvalue weighted by Crippen LogP contribution is -2.15. The molecule has 2 aromatic rings. The molecule has 4 nitrogen and oxygen atoms in total. The molecule has 0 bridgehead atoms. The molecule has 2 aliphatic rings. The van der Waals surface area contributed by atoms with Crippen molar-refractivity contribution in [2.45, 2.75) is 43.7 Å². The highest BCUT2D eigenvalue weighted by Gasteiger charge is 2.43. The van der Waals surface area contributed by atoms with Crippen LogP contribution in [0.2, 0.25) is 0 Å². The second-order valence-corrected chi connectivity index (χ2v) is 5.55. The van der Waals surface area contributed by atoms with Crippen molar-refractivity contribution in [2.75, 3.05) is 0 Å². The van der Waals surface area contributed by atoms with E-state index in [-0.39, 0.29) is 0 Å². The van der Waals surface area contributed by atoms with Gasteiger partial charge >= 0.3 is 0 Å². The molecule has 0 saturated heterocycles. The zero-order chi connectivity index (χ0) is 12.7. The van der Waals surface area contributed by atoms with E-state index >= 15 is 0 Å². The predicted octanol–water partition coefficient (Wildman–Crippen LogP) is 2.59. The minimum Gasteiger partial charge on any atom is -0.424 e. The van der Waals surface area contributed by atoms with Gasteiger partial charge in [-0.1, -0.05) is 30.3 Å².